The third-order valence-corrected chi connectivity index (χ3v) is 5.38. The average Bonchev–Trinajstić information content (AvgIpc) is 2.86. The van der Waals surface area contributed by atoms with E-state index in [-0.39, 0.29) is 39.0 Å². The van der Waals surface area contributed by atoms with Crippen LogP contribution in [-0.4, -0.2) is 54.0 Å². The van der Waals surface area contributed by atoms with Gasteiger partial charge in [0.15, 0.2) is 0 Å². The van der Waals surface area contributed by atoms with Gasteiger partial charge in [0, 0.05) is 103 Å². The molecule has 4 rings (SSSR count). The predicted molar refractivity (Wildman–Crippen MR) is 131 cm³/mol. The Balaban J connectivity index is 0.00000228. The molecule has 0 bridgehead atoms. The first-order valence-corrected chi connectivity index (χ1v) is 11.5. The van der Waals surface area contributed by atoms with Crippen molar-refractivity contribution in [3.05, 3.63) is 120 Å². The van der Waals surface area contributed by atoms with Gasteiger partial charge in [-0.2, -0.15) is 0 Å². The number of aliphatic hydroxyl groups is 1. The van der Waals surface area contributed by atoms with Gasteiger partial charge in [-0.05, 0) is 48.5 Å². The molecule has 0 saturated carbocycles. The predicted octanol–water partition coefficient (Wildman–Crippen LogP) is 3.33. The summed E-state index contributed by atoms with van der Waals surface area (Å²) in [5, 5.41) is 11.1. The van der Waals surface area contributed by atoms with E-state index >= 15 is 0 Å². The molecular weight excluding hydrogens is 555 g/mol. The zero-order chi connectivity index (χ0) is 23.4. The van der Waals surface area contributed by atoms with Crippen molar-refractivity contribution in [1.29, 1.82) is 0 Å². The summed E-state index contributed by atoms with van der Waals surface area (Å²) in [6.45, 7) is 3.52. The van der Waals surface area contributed by atoms with Crippen LogP contribution in [0, 0.1) is 0 Å². The summed E-state index contributed by atoms with van der Waals surface area (Å²) in [5.41, 5.74) is 3.85. The van der Waals surface area contributed by atoms with Crippen LogP contribution in [0.15, 0.2) is 97.6 Å². The van der Waals surface area contributed by atoms with Crippen molar-refractivity contribution in [1.82, 2.24) is 29.7 Å². The molecule has 0 aliphatic rings. The molecule has 0 aromatic carbocycles. The maximum atomic E-state index is 11.1. The number of aliphatic hydroxyl groups excluding tert-OH is 1. The van der Waals surface area contributed by atoms with E-state index in [0.29, 0.717) is 39.3 Å². The molecule has 0 aliphatic carbocycles. The topological polar surface area (TPSA) is 78.3 Å². The molecule has 0 aliphatic heterocycles. The zero-order valence-electron chi connectivity index (χ0n) is 20.6. The molecule has 0 amide bonds. The standard InChI is InChI=1S/C27H30N6O.2Zn/c34-27(21-32(17-23-9-1-5-13-28-23)18-24-10-2-6-14-29-24)22-33(19-25-11-3-7-15-30-25)20-26-12-4-8-16-31-26;;/h1-16,27,34H,17-22H2;;. The number of nitrogens with zero attached hydrogens (tertiary/aromatic N) is 6. The quantitative estimate of drug-likeness (QED) is 0.256. The molecule has 36 heavy (non-hydrogen) atoms. The largest absolute Gasteiger partial charge is 0.390 e. The van der Waals surface area contributed by atoms with Gasteiger partial charge in [-0.3, -0.25) is 29.7 Å². The minimum atomic E-state index is -0.570. The molecule has 0 unspecified atom stereocenters. The van der Waals surface area contributed by atoms with Gasteiger partial charge >= 0.3 is 0 Å². The van der Waals surface area contributed by atoms with Crippen molar-refractivity contribution >= 4 is 0 Å². The zero-order valence-corrected chi connectivity index (χ0v) is 26.5. The van der Waals surface area contributed by atoms with Gasteiger partial charge in [0.2, 0.25) is 0 Å². The van der Waals surface area contributed by atoms with Crippen LogP contribution >= 0.6 is 0 Å². The minimum Gasteiger partial charge on any atom is -0.390 e. The van der Waals surface area contributed by atoms with Crippen LogP contribution in [0.2, 0.25) is 0 Å². The summed E-state index contributed by atoms with van der Waals surface area (Å²) in [6.07, 6.45) is 6.62. The minimum absolute atomic E-state index is 0. The van der Waals surface area contributed by atoms with Crippen molar-refractivity contribution in [2.45, 2.75) is 32.3 Å². The van der Waals surface area contributed by atoms with Crippen molar-refractivity contribution in [2.75, 3.05) is 13.1 Å². The Bertz CT molecular complexity index is 922. The Labute approximate surface area is 238 Å². The second kappa shape index (κ2) is 16.5. The maximum Gasteiger partial charge on any atom is 0.0794 e. The molecule has 7 nitrogen and oxygen atoms in total. The summed E-state index contributed by atoms with van der Waals surface area (Å²) in [7, 11) is 0. The Hall–Kier alpha value is -2.27. The van der Waals surface area contributed by atoms with Crippen LogP contribution in [0.3, 0.4) is 0 Å². The number of hydrogen-bond donors (Lipinski definition) is 1. The van der Waals surface area contributed by atoms with Crippen LogP contribution < -0.4 is 0 Å². The van der Waals surface area contributed by atoms with Gasteiger partial charge in [0.25, 0.3) is 0 Å². The molecule has 9 heteroatoms. The SMILES string of the molecule is OC(CN(Cc1ccccn1)Cc1ccccn1)CN(Cc1ccccn1)Cc1ccccn1.[Zn].[Zn]. The van der Waals surface area contributed by atoms with Crippen molar-refractivity contribution in [3.8, 4) is 0 Å². The molecule has 0 spiro atoms. The Morgan fingerprint density at radius 1 is 0.500 bits per heavy atom. The third-order valence-electron chi connectivity index (χ3n) is 5.38. The summed E-state index contributed by atoms with van der Waals surface area (Å²) in [6, 6.07) is 23.6. The maximum absolute atomic E-state index is 11.1. The van der Waals surface area contributed by atoms with Crippen LogP contribution in [0.5, 0.6) is 0 Å². The summed E-state index contributed by atoms with van der Waals surface area (Å²) in [4.78, 5) is 22.3. The number of aromatic nitrogens is 4. The van der Waals surface area contributed by atoms with E-state index in [2.05, 4.69) is 29.7 Å². The Morgan fingerprint density at radius 3 is 1.00 bits per heavy atom. The van der Waals surface area contributed by atoms with E-state index in [1.165, 1.54) is 0 Å². The van der Waals surface area contributed by atoms with E-state index in [4.69, 9.17) is 0 Å². The fourth-order valence-electron chi connectivity index (χ4n) is 3.91. The van der Waals surface area contributed by atoms with Gasteiger partial charge in [0.05, 0.1) is 28.9 Å². The Kier molecular flexibility index (Phi) is 13.7. The summed E-state index contributed by atoms with van der Waals surface area (Å²) in [5.74, 6) is 0. The first kappa shape index (κ1) is 30.0. The normalized spacial score (nSPS) is 10.8. The number of pyridine rings is 4. The van der Waals surface area contributed by atoms with E-state index in [1.807, 2.05) is 72.8 Å². The van der Waals surface area contributed by atoms with E-state index in [9.17, 15) is 5.11 Å². The number of rotatable bonds is 12. The van der Waals surface area contributed by atoms with Gasteiger partial charge in [0.1, 0.15) is 0 Å². The molecule has 1 N–H and O–H groups in total. The molecule has 0 saturated heterocycles. The monoisotopic (exact) mass is 582 g/mol. The van der Waals surface area contributed by atoms with Crippen LogP contribution in [0.25, 0.3) is 0 Å². The summed E-state index contributed by atoms with van der Waals surface area (Å²) >= 11 is 0. The van der Waals surface area contributed by atoms with Gasteiger partial charge in [-0.15, -0.1) is 0 Å². The molecule has 0 fully saturated rings. The third kappa shape index (κ3) is 10.4. The van der Waals surface area contributed by atoms with Crippen LogP contribution in [0.4, 0.5) is 0 Å². The van der Waals surface area contributed by atoms with Crippen molar-refractivity contribution in [3.63, 3.8) is 0 Å². The molecule has 0 radical (unpaired) electrons. The van der Waals surface area contributed by atoms with Crippen LogP contribution in [0.1, 0.15) is 22.8 Å². The molecule has 4 aromatic heterocycles. The fourth-order valence-corrected chi connectivity index (χ4v) is 3.91. The first-order valence-electron chi connectivity index (χ1n) is 11.5. The first-order chi connectivity index (χ1) is 16.7. The van der Waals surface area contributed by atoms with Gasteiger partial charge in [-0.1, -0.05) is 24.3 Å². The van der Waals surface area contributed by atoms with Crippen LogP contribution in [-0.2, 0) is 65.1 Å². The molecule has 4 aromatic rings. The second-order valence-electron chi connectivity index (χ2n) is 8.28. The molecule has 0 atom stereocenters. The van der Waals surface area contributed by atoms with Gasteiger partial charge in [-0.25, -0.2) is 0 Å². The van der Waals surface area contributed by atoms with E-state index < -0.39 is 6.10 Å². The number of hydrogen-bond acceptors (Lipinski definition) is 7. The molecular formula is C27H30N6OZn2. The van der Waals surface area contributed by atoms with E-state index in [0.717, 1.165) is 22.8 Å². The van der Waals surface area contributed by atoms with E-state index in [1.54, 1.807) is 24.8 Å². The van der Waals surface area contributed by atoms with Crippen molar-refractivity contribution in [2.24, 2.45) is 0 Å². The smallest absolute Gasteiger partial charge is 0.0794 e. The summed E-state index contributed by atoms with van der Waals surface area (Å²) < 4.78 is 0. The molecule has 4 heterocycles. The Morgan fingerprint density at radius 2 is 0.778 bits per heavy atom. The molecule has 178 valence electrons. The fraction of sp³-hybridized carbons (Fsp3) is 0.259. The van der Waals surface area contributed by atoms with Gasteiger partial charge < -0.3 is 5.11 Å². The average molecular weight is 585 g/mol. The second-order valence-corrected chi connectivity index (χ2v) is 8.28. The van der Waals surface area contributed by atoms with Crippen molar-refractivity contribution < 1.29 is 44.1 Å².